The second kappa shape index (κ2) is 7.53. The molecule has 116 valence electrons. The van der Waals surface area contributed by atoms with Gasteiger partial charge in [-0.1, -0.05) is 13.0 Å². The van der Waals surface area contributed by atoms with Gasteiger partial charge in [0.1, 0.15) is 0 Å². The van der Waals surface area contributed by atoms with Crippen molar-refractivity contribution in [2.75, 3.05) is 13.7 Å². The van der Waals surface area contributed by atoms with Crippen LogP contribution in [0.1, 0.15) is 45.4 Å². The van der Waals surface area contributed by atoms with Crippen LogP contribution in [0.25, 0.3) is 0 Å². The number of nitrogens with one attached hydrogen (secondary N) is 1. The number of rotatable bonds is 3. The lowest BCUT2D eigenvalue weighted by Gasteiger charge is -2.25. The number of hydrogen-bond donors (Lipinski definition) is 1. The molecular formula is C17H26N2O2. The molecule has 2 rings (SSSR count). The fraction of sp³-hybridized carbons (Fsp3) is 0.706. The molecule has 21 heavy (non-hydrogen) atoms. The molecule has 0 saturated heterocycles. The molecule has 0 amide bonds. The van der Waals surface area contributed by atoms with E-state index < -0.39 is 0 Å². The Labute approximate surface area is 127 Å². The van der Waals surface area contributed by atoms with Crippen LogP contribution in [-0.2, 0) is 9.53 Å². The molecule has 4 heteroatoms. The van der Waals surface area contributed by atoms with E-state index in [-0.39, 0.29) is 11.9 Å². The summed E-state index contributed by atoms with van der Waals surface area (Å²) in [5.41, 5.74) is 1.52. The van der Waals surface area contributed by atoms with E-state index >= 15 is 0 Å². The van der Waals surface area contributed by atoms with Crippen LogP contribution in [0.3, 0.4) is 0 Å². The first-order chi connectivity index (χ1) is 10.1. The fourth-order valence-electron chi connectivity index (χ4n) is 3.10. The molecule has 1 N–H and O–H groups in total. The molecule has 0 heterocycles. The van der Waals surface area contributed by atoms with E-state index in [9.17, 15) is 4.79 Å². The summed E-state index contributed by atoms with van der Waals surface area (Å²) in [6, 6.07) is 0. The summed E-state index contributed by atoms with van der Waals surface area (Å²) in [5.74, 6) is 1.10. The molecule has 1 atom stereocenters. The van der Waals surface area contributed by atoms with Crippen molar-refractivity contribution in [1.29, 1.82) is 5.41 Å². The van der Waals surface area contributed by atoms with Gasteiger partial charge in [-0.2, -0.15) is 0 Å². The second-order valence-corrected chi connectivity index (χ2v) is 6.32. The first-order valence-corrected chi connectivity index (χ1v) is 7.98. The van der Waals surface area contributed by atoms with Gasteiger partial charge >= 0.3 is 5.97 Å². The predicted molar refractivity (Wildman–Crippen MR) is 85.0 cm³/mol. The SMILES string of the molecule is COC(=O)C1CCC(CN=C2CCC(C)C=CC2=N)CC1. The van der Waals surface area contributed by atoms with E-state index in [1.807, 2.05) is 6.08 Å². The molecule has 0 aromatic carbocycles. The van der Waals surface area contributed by atoms with Gasteiger partial charge in [-0.15, -0.1) is 0 Å². The van der Waals surface area contributed by atoms with E-state index in [0.717, 1.165) is 50.8 Å². The summed E-state index contributed by atoms with van der Waals surface area (Å²) in [6.07, 6.45) is 9.88. The summed E-state index contributed by atoms with van der Waals surface area (Å²) in [6.45, 7) is 2.98. The number of ether oxygens (including phenoxy) is 1. The van der Waals surface area contributed by atoms with Crippen molar-refractivity contribution in [3.63, 3.8) is 0 Å². The highest BCUT2D eigenvalue weighted by Gasteiger charge is 2.26. The van der Waals surface area contributed by atoms with Crippen molar-refractivity contribution in [2.45, 2.75) is 45.4 Å². The first-order valence-electron chi connectivity index (χ1n) is 7.98. The van der Waals surface area contributed by atoms with Gasteiger partial charge in [-0.3, -0.25) is 15.2 Å². The van der Waals surface area contributed by atoms with E-state index in [0.29, 0.717) is 17.5 Å². The Morgan fingerprint density at radius 1 is 1.33 bits per heavy atom. The van der Waals surface area contributed by atoms with Crippen molar-refractivity contribution >= 4 is 17.4 Å². The van der Waals surface area contributed by atoms with Crippen LogP contribution < -0.4 is 0 Å². The van der Waals surface area contributed by atoms with E-state index in [1.165, 1.54) is 7.11 Å². The molecular weight excluding hydrogens is 264 g/mol. The molecule has 1 fully saturated rings. The van der Waals surface area contributed by atoms with E-state index in [1.54, 1.807) is 0 Å². The third-order valence-corrected chi connectivity index (χ3v) is 4.66. The van der Waals surface area contributed by atoms with Gasteiger partial charge in [0.25, 0.3) is 0 Å². The van der Waals surface area contributed by atoms with Gasteiger partial charge in [0.2, 0.25) is 0 Å². The summed E-state index contributed by atoms with van der Waals surface area (Å²) in [4.78, 5) is 16.2. The number of methoxy groups -OCH3 is 1. The number of nitrogens with zero attached hydrogens (tertiary/aromatic N) is 1. The third-order valence-electron chi connectivity index (χ3n) is 4.66. The monoisotopic (exact) mass is 290 g/mol. The molecule has 0 bridgehead atoms. The van der Waals surface area contributed by atoms with Crippen LogP contribution in [0, 0.1) is 23.2 Å². The van der Waals surface area contributed by atoms with Gasteiger partial charge in [0.15, 0.2) is 0 Å². The van der Waals surface area contributed by atoms with Crippen LogP contribution in [-0.4, -0.2) is 31.0 Å². The van der Waals surface area contributed by atoms with Crippen LogP contribution in [0.4, 0.5) is 0 Å². The lowest BCUT2D eigenvalue weighted by Crippen LogP contribution is -2.24. The van der Waals surface area contributed by atoms with Crippen molar-refractivity contribution in [1.82, 2.24) is 0 Å². The van der Waals surface area contributed by atoms with Crippen molar-refractivity contribution in [2.24, 2.45) is 22.7 Å². The fourth-order valence-corrected chi connectivity index (χ4v) is 3.10. The highest BCUT2D eigenvalue weighted by molar-refractivity contribution is 6.45. The van der Waals surface area contributed by atoms with E-state index in [4.69, 9.17) is 15.1 Å². The molecule has 0 spiro atoms. The topological polar surface area (TPSA) is 62.5 Å². The molecule has 4 nitrogen and oxygen atoms in total. The number of aliphatic imine (C=N–C) groups is 1. The molecule has 2 aliphatic rings. The lowest BCUT2D eigenvalue weighted by atomic mass is 9.82. The zero-order chi connectivity index (χ0) is 15.2. The van der Waals surface area contributed by atoms with Crippen LogP contribution in [0.2, 0.25) is 0 Å². The maximum Gasteiger partial charge on any atom is 0.308 e. The number of hydrogen-bond acceptors (Lipinski definition) is 4. The zero-order valence-corrected chi connectivity index (χ0v) is 13.1. The molecule has 0 aromatic rings. The van der Waals surface area contributed by atoms with Gasteiger partial charge in [-0.05, 0) is 56.4 Å². The maximum absolute atomic E-state index is 11.5. The highest BCUT2D eigenvalue weighted by atomic mass is 16.5. The minimum atomic E-state index is -0.0653. The second-order valence-electron chi connectivity index (χ2n) is 6.32. The molecule has 1 unspecified atom stereocenters. The Morgan fingerprint density at radius 3 is 2.71 bits per heavy atom. The standard InChI is InChI=1S/C17H26N2O2/c1-12-3-9-15(18)16(10-4-12)19-11-13-5-7-14(8-6-13)17(20)21-2/h3,9,12-14,18H,4-8,10-11H2,1-2H3. The summed E-state index contributed by atoms with van der Waals surface area (Å²) in [5, 5.41) is 8.03. The normalized spacial score (nSPS) is 32.0. The minimum absolute atomic E-state index is 0.0653. The molecule has 0 radical (unpaired) electrons. The summed E-state index contributed by atoms with van der Waals surface area (Å²) < 4.78 is 4.82. The van der Waals surface area contributed by atoms with E-state index in [2.05, 4.69) is 13.0 Å². The van der Waals surface area contributed by atoms with Crippen molar-refractivity contribution < 1.29 is 9.53 Å². The zero-order valence-electron chi connectivity index (χ0n) is 13.1. The van der Waals surface area contributed by atoms with Crippen LogP contribution in [0.5, 0.6) is 0 Å². The first kappa shape index (κ1) is 15.9. The minimum Gasteiger partial charge on any atom is -0.469 e. The number of esters is 1. The quantitative estimate of drug-likeness (QED) is 0.810. The number of allylic oxidation sites excluding steroid dienone is 2. The summed E-state index contributed by atoms with van der Waals surface area (Å²) >= 11 is 0. The Hall–Kier alpha value is -1.45. The van der Waals surface area contributed by atoms with Gasteiger partial charge in [0.05, 0.1) is 24.5 Å². The molecule has 0 aliphatic heterocycles. The third kappa shape index (κ3) is 4.51. The maximum atomic E-state index is 11.5. The molecule has 0 aromatic heterocycles. The molecule has 2 aliphatic carbocycles. The average molecular weight is 290 g/mol. The smallest absolute Gasteiger partial charge is 0.308 e. The van der Waals surface area contributed by atoms with Crippen LogP contribution >= 0.6 is 0 Å². The number of carbonyl (C=O) groups is 1. The van der Waals surface area contributed by atoms with Gasteiger partial charge in [-0.25, -0.2) is 0 Å². The van der Waals surface area contributed by atoms with Crippen molar-refractivity contribution in [3.05, 3.63) is 12.2 Å². The Balaban J connectivity index is 1.83. The Morgan fingerprint density at radius 2 is 2.05 bits per heavy atom. The lowest BCUT2D eigenvalue weighted by molar-refractivity contribution is -0.146. The van der Waals surface area contributed by atoms with Gasteiger partial charge in [0, 0.05) is 6.54 Å². The Kier molecular flexibility index (Phi) is 5.71. The predicted octanol–water partition coefficient (Wildman–Crippen LogP) is 3.41. The largest absolute Gasteiger partial charge is 0.469 e. The average Bonchev–Trinajstić information content (AvgIpc) is 2.67. The van der Waals surface area contributed by atoms with Gasteiger partial charge < -0.3 is 4.74 Å². The van der Waals surface area contributed by atoms with Crippen molar-refractivity contribution in [3.8, 4) is 0 Å². The molecule has 1 saturated carbocycles. The number of carbonyl (C=O) groups excluding carboxylic acids is 1. The highest BCUT2D eigenvalue weighted by Crippen LogP contribution is 2.29. The Bertz CT molecular complexity index is 446. The van der Waals surface area contributed by atoms with Crippen LogP contribution in [0.15, 0.2) is 17.1 Å². The summed E-state index contributed by atoms with van der Waals surface area (Å²) in [7, 11) is 1.46.